The minimum atomic E-state index is 0.0857. The molecule has 2 aromatic heterocycles. The van der Waals surface area contributed by atoms with Crippen molar-refractivity contribution >= 4 is 5.57 Å². The molecule has 0 fully saturated rings. The van der Waals surface area contributed by atoms with Crippen LogP contribution in [0.5, 0.6) is 0 Å². The van der Waals surface area contributed by atoms with Gasteiger partial charge in [0.25, 0.3) is 0 Å². The summed E-state index contributed by atoms with van der Waals surface area (Å²) in [6, 6.07) is 11.6. The first-order valence-corrected chi connectivity index (χ1v) is 7.28. The van der Waals surface area contributed by atoms with E-state index in [1.54, 1.807) is 12.3 Å². The average Bonchev–Trinajstić information content (AvgIpc) is 2.59. The highest BCUT2D eigenvalue weighted by atomic mass is 16.2. The normalized spacial score (nSPS) is 12.3. The summed E-state index contributed by atoms with van der Waals surface area (Å²) in [6.07, 6.45) is 8.05. The molecule has 0 saturated carbocycles. The van der Waals surface area contributed by atoms with Crippen LogP contribution in [0.25, 0.3) is 17.0 Å². The predicted molar refractivity (Wildman–Crippen MR) is 91.1 cm³/mol. The van der Waals surface area contributed by atoms with E-state index in [9.17, 15) is 5.11 Å². The third-order valence-electron chi connectivity index (χ3n) is 3.26. The van der Waals surface area contributed by atoms with Crippen molar-refractivity contribution < 1.29 is 5.11 Å². The molecule has 0 spiro atoms. The Bertz CT molecular complexity index is 688. The fraction of sp³-hybridized carbons (Fsp3) is 0.158. The van der Waals surface area contributed by atoms with Gasteiger partial charge in [0.2, 0.25) is 0 Å². The summed E-state index contributed by atoms with van der Waals surface area (Å²) in [5.41, 5.74) is 4.47. The molecule has 0 amide bonds. The highest BCUT2D eigenvalue weighted by Crippen LogP contribution is 2.24. The molecule has 3 heteroatoms. The summed E-state index contributed by atoms with van der Waals surface area (Å²) in [4.78, 5) is 9.05. The molecule has 0 bridgehead atoms. The van der Waals surface area contributed by atoms with Crippen LogP contribution in [0.2, 0.25) is 0 Å². The molecular weight excluding hydrogens is 272 g/mol. The monoisotopic (exact) mass is 292 g/mol. The molecule has 0 aliphatic rings. The molecular formula is C19H20N2O. The lowest BCUT2D eigenvalue weighted by atomic mass is 10.0. The van der Waals surface area contributed by atoms with Gasteiger partial charge in [0.1, 0.15) is 0 Å². The van der Waals surface area contributed by atoms with Crippen molar-refractivity contribution in [3.63, 3.8) is 0 Å². The van der Waals surface area contributed by atoms with Crippen LogP contribution in [-0.2, 0) is 0 Å². The van der Waals surface area contributed by atoms with Gasteiger partial charge in [0.05, 0.1) is 17.1 Å². The van der Waals surface area contributed by atoms with Gasteiger partial charge in [-0.1, -0.05) is 36.9 Å². The van der Waals surface area contributed by atoms with Crippen LogP contribution in [0.15, 0.2) is 73.0 Å². The van der Waals surface area contributed by atoms with Crippen molar-refractivity contribution in [3.05, 3.63) is 78.7 Å². The maximum Gasteiger partial charge on any atom is 0.0893 e. The van der Waals surface area contributed by atoms with E-state index in [1.807, 2.05) is 55.5 Å². The van der Waals surface area contributed by atoms with Crippen LogP contribution in [0.1, 0.15) is 19.0 Å². The van der Waals surface area contributed by atoms with E-state index >= 15 is 0 Å². The zero-order valence-corrected chi connectivity index (χ0v) is 12.7. The molecule has 1 N–H and O–H groups in total. The first-order valence-electron chi connectivity index (χ1n) is 7.28. The summed E-state index contributed by atoms with van der Waals surface area (Å²) in [5.74, 6) is 0. The number of hydrogen-bond acceptors (Lipinski definition) is 3. The van der Waals surface area contributed by atoms with E-state index in [0.717, 1.165) is 28.2 Å². The van der Waals surface area contributed by atoms with Gasteiger partial charge in [0.15, 0.2) is 0 Å². The van der Waals surface area contributed by atoms with E-state index in [2.05, 4.69) is 11.6 Å². The van der Waals surface area contributed by atoms with Crippen molar-refractivity contribution in [3.8, 4) is 11.4 Å². The molecule has 2 rings (SSSR count). The van der Waals surface area contributed by atoms with E-state index in [4.69, 9.17) is 4.98 Å². The van der Waals surface area contributed by atoms with Crippen molar-refractivity contribution in [1.82, 2.24) is 9.97 Å². The molecule has 0 aliphatic carbocycles. The molecule has 112 valence electrons. The number of rotatable bonds is 6. The van der Waals surface area contributed by atoms with Crippen molar-refractivity contribution in [1.29, 1.82) is 0 Å². The summed E-state index contributed by atoms with van der Waals surface area (Å²) in [5, 5.41) is 9.23. The van der Waals surface area contributed by atoms with Crippen LogP contribution in [0.3, 0.4) is 0 Å². The number of aliphatic hydroxyl groups is 1. The lowest BCUT2D eigenvalue weighted by Gasteiger charge is -2.10. The van der Waals surface area contributed by atoms with Gasteiger partial charge in [-0.25, -0.2) is 4.98 Å². The Balaban J connectivity index is 2.52. The zero-order valence-electron chi connectivity index (χ0n) is 12.7. The maximum absolute atomic E-state index is 9.23. The smallest absolute Gasteiger partial charge is 0.0893 e. The molecule has 3 nitrogen and oxygen atoms in total. The van der Waals surface area contributed by atoms with Gasteiger partial charge in [-0.05, 0) is 43.2 Å². The average molecular weight is 292 g/mol. The first-order chi connectivity index (χ1) is 10.8. The minimum absolute atomic E-state index is 0.0857. The molecule has 0 radical (unpaired) electrons. The summed E-state index contributed by atoms with van der Waals surface area (Å²) >= 11 is 0. The van der Waals surface area contributed by atoms with Crippen LogP contribution < -0.4 is 0 Å². The van der Waals surface area contributed by atoms with Gasteiger partial charge >= 0.3 is 0 Å². The number of hydrogen-bond donors (Lipinski definition) is 1. The second kappa shape index (κ2) is 8.05. The van der Waals surface area contributed by atoms with Gasteiger partial charge in [-0.2, -0.15) is 0 Å². The predicted octanol–water partition coefficient (Wildman–Crippen LogP) is 4.04. The number of aromatic nitrogens is 2. The molecule has 0 aliphatic heterocycles. The van der Waals surface area contributed by atoms with Crippen LogP contribution >= 0.6 is 0 Å². The maximum atomic E-state index is 9.23. The minimum Gasteiger partial charge on any atom is -0.396 e. The number of aliphatic hydroxyl groups excluding tert-OH is 1. The fourth-order valence-corrected chi connectivity index (χ4v) is 2.23. The SMILES string of the molecule is C=C/C(CCO)=C(\C=C/C)c1cccc(-c2ccccn2)n1. The Labute approximate surface area is 131 Å². The Morgan fingerprint density at radius 3 is 2.64 bits per heavy atom. The van der Waals surface area contributed by atoms with E-state index in [0.29, 0.717) is 6.42 Å². The topological polar surface area (TPSA) is 46.0 Å². The van der Waals surface area contributed by atoms with Gasteiger partial charge in [-0.3, -0.25) is 4.98 Å². The van der Waals surface area contributed by atoms with Crippen molar-refractivity contribution in [2.24, 2.45) is 0 Å². The first kappa shape index (κ1) is 15.9. The van der Waals surface area contributed by atoms with Crippen LogP contribution in [0.4, 0.5) is 0 Å². The zero-order chi connectivity index (χ0) is 15.8. The molecule has 0 unspecified atom stereocenters. The number of pyridine rings is 2. The molecule has 2 heterocycles. The number of allylic oxidation sites excluding steroid dienone is 4. The Morgan fingerprint density at radius 1 is 1.18 bits per heavy atom. The molecule has 0 atom stereocenters. The van der Waals surface area contributed by atoms with Crippen LogP contribution in [-0.4, -0.2) is 21.7 Å². The van der Waals surface area contributed by atoms with Crippen molar-refractivity contribution in [2.45, 2.75) is 13.3 Å². The van der Waals surface area contributed by atoms with E-state index < -0.39 is 0 Å². The molecule has 0 saturated heterocycles. The summed E-state index contributed by atoms with van der Waals surface area (Å²) in [6.45, 7) is 5.89. The van der Waals surface area contributed by atoms with Gasteiger partial charge < -0.3 is 5.11 Å². The van der Waals surface area contributed by atoms with Crippen LogP contribution in [0, 0.1) is 0 Å². The lowest BCUT2D eigenvalue weighted by Crippen LogP contribution is -1.96. The molecule has 2 aromatic rings. The fourth-order valence-electron chi connectivity index (χ4n) is 2.23. The van der Waals surface area contributed by atoms with Gasteiger partial charge in [0, 0.05) is 18.4 Å². The summed E-state index contributed by atoms with van der Waals surface area (Å²) in [7, 11) is 0. The Morgan fingerprint density at radius 2 is 2.00 bits per heavy atom. The summed E-state index contributed by atoms with van der Waals surface area (Å²) < 4.78 is 0. The molecule has 22 heavy (non-hydrogen) atoms. The molecule has 0 aromatic carbocycles. The van der Waals surface area contributed by atoms with Crippen molar-refractivity contribution in [2.75, 3.05) is 6.61 Å². The second-order valence-electron chi connectivity index (χ2n) is 4.74. The largest absolute Gasteiger partial charge is 0.396 e. The Kier molecular flexibility index (Phi) is 5.81. The lowest BCUT2D eigenvalue weighted by molar-refractivity contribution is 0.300. The Hall–Kier alpha value is -2.52. The quantitative estimate of drug-likeness (QED) is 0.817. The third kappa shape index (κ3) is 3.77. The highest BCUT2D eigenvalue weighted by Gasteiger charge is 2.08. The highest BCUT2D eigenvalue weighted by molar-refractivity contribution is 5.77. The van der Waals surface area contributed by atoms with E-state index in [1.165, 1.54) is 0 Å². The third-order valence-corrected chi connectivity index (χ3v) is 3.26. The number of nitrogens with zero attached hydrogens (tertiary/aromatic N) is 2. The van der Waals surface area contributed by atoms with E-state index in [-0.39, 0.29) is 6.61 Å². The standard InChI is InChI=1S/C19H20N2O/c1-3-8-16(15(4-2)12-14-22)17-10-7-11-19(21-17)18-9-5-6-13-20-18/h3-11,13,22H,2,12,14H2,1H3/b8-3-,16-15-. The second-order valence-corrected chi connectivity index (χ2v) is 4.74. The van der Waals surface area contributed by atoms with Gasteiger partial charge in [-0.15, -0.1) is 0 Å².